The van der Waals surface area contributed by atoms with E-state index >= 15 is 0 Å². The minimum absolute atomic E-state index is 0.0327. The number of amides is 3. The molecule has 8 nitrogen and oxygen atoms in total. The Labute approximate surface area is 111 Å². The van der Waals surface area contributed by atoms with E-state index in [-0.39, 0.29) is 30.7 Å². The van der Waals surface area contributed by atoms with Crippen LogP contribution < -0.4 is 15.5 Å². The van der Waals surface area contributed by atoms with Crippen LogP contribution in [0.3, 0.4) is 0 Å². The van der Waals surface area contributed by atoms with Crippen molar-refractivity contribution in [3.05, 3.63) is 20.7 Å². The highest BCUT2D eigenvalue weighted by molar-refractivity contribution is 7.07. The Morgan fingerprint density at radius 3 is 2.63 bits per heavy atom. The first-order valence-corrected chi connectivity index (χ1v) is 6.31. The summed E-state index contributed by atoms with van der Waals surface area (Å²) in [6, 6.07) is -0.688. The molecule has 0 atom stereocenters. The fourth-order valence-electron chi connectivity index (χ4n) is 1.21. The number of aromatic nitrogens is 1. The van der Waals surface area contributed by atoms with Crippen molar-refractivity contribution in [3.8, 4) is 0 Å². The summed E-state index contributed by atoms with van der Waals surface area (Å²) in [6.45, 7) is 0.104. The van der Waals surface area contributed by atoms with E-state index in [4.69, 9.17) is 5.11 Å². The molecule has 1 heterocycles. The van der Waals surface area contributed by atoms with Gasteiger partial charge in [0.25, 0.3) is 0 Å². The first-order chi connectivity index (χ1) is 8.97. The molecule has 0 radical (unpaired) electrons. The Balaban J connectivity index is 2.21. The second-order valence-corrected chi connectivity index (χ2v) is 4.49. The van der Waals surface area contributed by atoms with Crippen molar-refractivity contribution in [2.24, 2.45) is 0 Å². The standard InChI is InChI=1S/C10H13N3O5S/c14-7(2-1-3-8(15)16)13-9(17)11-4-6-5-19-10(18)12-6/h5H,1-4H2,(H,12,18)(H,15,16)(H2,11,13,14,17). The minimum atomic E-state index is -0.987. The monoisotopic (exact) mass is 287 g/mol. The maximum Gasteiger partial charge on any atom is 0.321 e. The first kappa shape index (κ1) is 14.9. The lowest BCUT2D eigenvalue weighted by atomic mass is 10.2. The fraction of sp³-hybridized carbons (Fsp3) is 0.400. The number of carbonyl (C=O) groups excluding carboxylic acids is 2. The molecule has 0 aliphatic carbocycles. The summed E-state index contributed by atoms with van der Waals surface area (Å²) in [5.74, 6) is -1.53. The summed E-state index contributed by atoms with van der Waals surface area (Å²) in [7, 11) is 0. The average Bonchev–Trinajstić information content (AvgIpc) is 2.72. The number of aliphatic carboxylic acids is 1. The molecule has 0 aliphatic heterocycles. The number of carboxylic acid groups (broad SMARTS) is 1. The molecule has 1 aromatic heterocycles. The van der Waals surface area contributed by atoms with Gasteiger partial charge in [0.05, 0.1) is 6.54 Å². The normalized spacial score (nSPS) is 9.89. The van der Waals surface area contributed by atoms with Crippen LogP contribution in [0.1, 0.15) is 25.0 Å². The van der Waals surface area contributed by atoms with Crippen molar-refractivity contribution in [1.29, 1.82) is 0 Å². The van der Waals surface area contributed by atoms with Gasteiger partial charge < -0.3 is 15.4 Å². The molecule has 0 unspecified atom stereocenters. The van der Waals surface area contributed by atoms with Crippen molar-refractivity contribution in [2.75, 3.05) is 0 Å². The van der Waals surface area contributed by atoms with E-state index in [9.17, 15) is 19.2 Å². The van der Waals surface area contributed by atoms with Crippen LogP contribution in [-0.2, 0) is 16.1 Å². The molecule has 0 aromatic carbocycles. The zero-order valence-electron chi connectivity index (χ0n) is 9.89. The second kappa shape index (κ2) is 7.31. The molecule has 0 fully saturated rings. The van der Waals surface area contributed by atoms with Gasteiger partial charge in [0.2, 0.25) is 5.91 Å². The van der Waals surface area contributed by atoms with Gasteiger partial charge in [0.1, 0.15) is 0 Å². The lowest BCUT2D eigenvalue weighted by Crippen LogP contribution is -2.39. The summed E-state index contributed by atoms with van der Waals surface area (Å²) < 4.78 is 0. The Morgan fingerprint density at radius 1 is 1.32 bits per heavy atom. The van der Waals surface area contributed by atoms with Gasteiger partial charge in [0, 0.05) is 23.9 Å². The molecule has 0 bridgehead atoms. The number of H-pyrrole nitrogens is 1. The highest BCUT2D eigenvalue weighted by Gasteiger charge is 2.08. The van der Waals surface area contributed by atoms with Crippen LogP contribution in [0.2, 0.25) is 0 Å². The average molecular weight is 287 g/mol. The predicted molar refractivity (Wildman–Crippen MR) is 66.8 cm³/mol. The second-order valence-electron chi connectivity index (χ2n) is 3.65. The SMILES string of the molecule is O=C(O)CCCC(=O)NC(=O)NCc1csc(=O)[nH]1. The first-order valence-electron chi connectivity index (χ1n) is 5.43. The van der Waals surface area contributed by atoms with Crippen LogP contribution in [0.15, 0.2) is 10.2 Å². The van der Waals surface area contributed by atoms with Gasteiger partial charge in [-0.15, -0.1) is 0 Å². The quantitative estimate of drug-likeness (QED) is 0.586. The Hall–Kier alpha value is -2.16. The van der Waals surface area contributed by atoms with Crippen molar-refractivity contribution in [3.63, 3.8) is 0 Å². The van der Waals surface area contributed by atoms with Gasteiger partial charge in [-0.1, -0.05) is 11.3 Å². The topological polar surface area (TPSA) is 128 Å². The smallest absolute Gasteiger partial charge is 0.321 e. The lowest BCUT2D eigenvalue weighted by molar-refractivity contribution is -0.137. The van der Waals surface area contributed by atoms with Crippen molar-refractivity contribution in [1.82, 2.24) is 15.6 Å². The zero-order chi connectivity index (χ0) is 14.3. The van der Waals surface area contributed by atoms with E-state index in [1.165, 1.54) is 0 Å². The highest BCUT2D eigenvalue weighted by atomic mass is 32.1. The van der Waals surface area contributed by atoms with Gasteiger partial charge in [-0.05, 0) is 6.42 Å². The van der Waals surface area contributed by atoms with E-state index in [2.05, 4.69) is 15.6 Å². The van der Waals surface area contributed by atoms with E-state index in [1.807, 2.05) is 0 Å². The third kappa shape index (κ3) is 6.36. The van der Waals surface area contributed by atoms with Crippen molar-refractivity contribution in [2.45, 2.75) is 25.8 Å². The van der Waals surface area contributed by atoms with Gasteiger partial charge in [-0.25, -0.2) is 4.79 Å². The molecule has 9 heteroatoms. The summed E-state index contributed by atoms with van der Waals surface area (Å²) >= 11 is 0.978. The maximum atomic E-state index is 11.3. The van der Waals surface area contributed by atoms with Crippen LogP contribution in [0, 0.1) is 0 Å². The summed E-state index contributed by atoms with van der Waals surface area (Å²) in [5, 5.41) is 14.4. The van der Waals surface area contributed by atoms with E-state index in [0.29, 0.717) is 5.69 Å². The molecule has 0 saturated heterocycles. The number of hydrogen-bond acceptors (Lipinski definition) is 5. The molecule has 104 valence electrons. The number of thiazole rings is 1. The molecule has 4 N–H and O–H groups in total. The summed E-state index contributed by atoms with van der Waals surface area (Å²) in [5.41, 5.74) is 0.545. The number of carbonyl (C=O) groups is 3. The molecule has 19 heavy (non-hydrogen) atoms. The van der Waals surface area contributed by atoms with Gasteiger partial charge >= 0.3 is 16.9 Å². The van der Waals surface area contributed by atoms with Crippen molar-refractivity contribution >= 4 is 29.2 Å². The van der Waals surface area contributed by atoms with Crippen LogP contribution in [0.4, 0.5) is 4.79 Å². The van der Waals surface area contributed by atoms with Gasteiger partial charge in [-0.3, -0.25) is 19.7 Å². The minimum Gasteiger partial charge on any atom is -0.481 e. The van der Waals surface area contributed by atoms with Crippen molar-refractivity contribution < 1.29 is 19.5 Å². The molecule has 1 aromatic rings. The molecular weight excluding hydrogens is 274 g/mol. The van der Waals surface area contributed by atoms with Crippen LogP contribution in [0.25, 0.3) is 0 Å². The number of urea groups is 1. The van der Waals surface area contributed by atoms with Crippen LogP contribution in [0.5, 0.6) is 0 Å². The molecule has 0 aliphatic rings. The van der Waals surface area contributed by atoms with Gasteiger partial charge in [0.15, 0.2) is 0 Å². The number of nitrogens with one attached hydrogen (secondary N) is 3. The largest absolute Gasteiger partial charge is 0.481 e. The highest BCUT2D eigenvalue weighted by Crippen LogP contribution is 1.96. The molecule has 0 saturated carbocycles. The number of aromatic amines is 1. The Kier molecular flexibility index (Phi) is 5.73. The number of carboxylic acids is 1. The molecule has 1 rings (SSSR count). The van der Waals surface area contributed by atoms with E-state index in [0.717, 1.165) is 11.3 Å². The maximum absolute atomic E-state index is 11.3. The van der Waals surface area contributed by atoms with Gasteiger partial charge in [-0.2, -0.15) is 0 Å². The number of hydrogen-bond donors (Lipinski definition) is 4. The summed E-state index contributed by atoms with van der Waals surface area (Å²) in [6.07, 6.45) is 0.0203. The summed E-state index contributed by atoms with van der Waals surface area (Å²) in [4.78, 5) is 45.8. The van der Waals surface area contributed by atoms with Crippen LogP contribution >= 0.6 is 11.3 Å². The third-order valence-corrected chi connectivity index (χ3v) is 2.78. The lowest BCUT2D eigenvalue weighted by Gasteiger charge is -2.05. The number of rotatable bonds is 6. The molecule has 0 spiro atoms. The fourth-order valence-corrected chi connectivity index (χ4v) is 1.79. The third-order valence-electron chi connectivity index (χ3n) is 2.06. The van der Waals surface area contributed by atoms with E-state index < -0.39 is 17.9 Å². The Bertz CT molecular complexity index is 521. The molecule has 3 amide bonds. The predicted octanol–water partition coefficient (Wildman–Crippen LogP) is 0.0171. The van der Waals surface area contributed by atoms with Crippen LogP contribution in [-0.4, -0.2) is 28.0 Å². The number of imide groups is 1. The Morgan fingerprint density at radius 2 is 2.05 bits per heavy atom. The molecular formula is C10H13N3O5S. The van der Waals surface area contributed by atoms with E-state index in [1.54, 1.807) is 5.38 Å². The zero-order valence-corrected chi connectivity index (χ0v) is 10.7.